The maximum absolute atomic E-state index is 12.0. The maximum Gasteiger partial charge on any atom is 0.276 e. The van der Waals surface area contributed by atoms with E-state index in [0.29, 0.717) is 5.75 Å². The lowest BCUT2D eigenvalue weighted by Crippen LogP contribution is -2.49. The molecule has 0 saturated carbocycles. The van der Waals surface area contributed by atoms with Crippen LogP contribution < -0.4 is 25.6 Å². The minimum Gasteiger partial charge on any atom is -0.497 e. The largest absolute Gasteiger partial charge is 0.497 e. The third-order valence-corrected chi connectivity index (χ3v) is 4.41. The Hall–Kier alpha value is -3.91. The molecule has 0 aliphatic carbocycles. The van der Waals surface area contributed by atoms with Crippen LogP contribution in [0.2, 0.25) is 0 Å². The molecule has 0 unspecified atom stereocenters. The van der Waals surface area contributed by atoms with E-state index in [1.165, 1.54) is 6.08 Å². The van der Waals surface area contributed by atoms with Crippen molar-refractivity contribution in [3.8, 4) is 11.5 Å². The van der Waals surface area contributed by atoms with Crippen LogP contribution in [0.1, 0.15) is 5.56 Å². The molecule has 0 spiro atoms. The SMILES string of the molecule is COc1ccc(C=CC(=O)NC(=S)NNC(=O)COc2cccc3ccccc23)cc1. The molecule has 3 aromatic carbocycles. The van der Waals surface area contributed by atoms with E-state index >= 15 is 0 Å². The topological polar surface area (TPSA) is 88.7 Å². The predicted octanol–water partition coefficient (Wildman–Crippen LogP) is 2.96. The Balaban J connectivity index is 1.41. The molecule has 0 radical (unpaired) electrons. The Morgan fingerprint density at radius 3 is 2.48 bits per heavy atom. The molecule has 0 aromatic heterocycles. The molecular formula is C23H21N3O4S. The van der Waals surface area contributed by atoms with E-state index in [9.17, 15) is 9.59 Å². The summed E-state index contributed by atoms with van der Waals surface area (Å²) >= 11 is 5.00. The number of benzene rings is 3. The van der Waals surface area contributed by atoms with Crippen molar-refractivity contribution in [2.45, 2.75) is 0 Å². The molecule has 2 amide bonds. The number of nitrogens with one attached hydrogen (secondary N) is 3. The van der Waals surface area contributed by atoms with Crippen molar-refractivity contribution >= 4 is 46.0 Å². The summed E-state index contributed by atoms with van der Waals surface area (Å²) in [6.45, 7) is -0.213. The summed E-state index contributed by atoms with van der Waals surface area (Å²) in [5.74, 6) is 0.452. The predicted molar refractivity (Wildman–Crippen MR) is 123 cm³/mol. The van der Waals surface area contributed by atoms with Crippen molar-refractivity contribution < 1.29 is 19.1 Å². The van der Waals surface area contributed by atoms with Gasteiger partial charge in [-0.1, -0.05) is 48.5 Å². The fourth-order valence-corrected chi connectivity index (χ4v) is 2.85. The van der Waals surface area contributed by atoms with Crippen molar-refractivity contribution in [2.24, 2.45) is 0 Å². The molecule has 0 fully saturated rings. The minimum absolute atomic E-state index is 0.0390. The van der Waals surface area contributed by atoms with Crippen LogP contribution in [0.5, 0.6) is 11.5 Å². The number of methoxy groups -OCH3 is 1. The summed E-state index contributed by atoms with van der Waals surface area (Å²) in [7, 11) is 1.58. The zero-order valence-electron chi connectivity index (χ0n) is 16.8. The van der Waals surface area contributed by atoms with Crippen LogP contribution in [0.25, 0.3) is 16.8 Å². The lowest BCUT2D eigenvalue weighted by Gasteiger charge is -2.11. The first-order chi connectivity index (χ1) is 15.0. The fraction of sp³-hybridized carbons (Fsp3) is 0.0870. The summed E-state index contributed by atoms with van der Waals surface area (Å²) in [6, 6.07) is 20.6. The Morgan fingerprint density at radius 2 is 1.71 bits per heavy atom. The first kappa shape index (κ1) is 21.8. The van der Waals surface area contributed by atoms with E-state index in [1.54, 1.807) is 31.4 Å². The zero-order chi connectivity index (χ0) is 22.1. The number of carbonyl (C=O) groups is 2. The second kappa shape index (κ2) is 10.7. The zero-order valence-corrected chi connectivity index (χ0v) is 17.6. The van der Waals surface area contributed by atoms with Gasteiger partial charge in [-0.05, 0) is 47.4 Å². The molecule has 31 heavy (non-hydrogen) atoms. The summed E-state index contributed by atoms with van der Waals surface area (Å²) < 4.78 is 10.7. The van der Waals surface area contributed by atoms with E-state index in [0.717, 1.165) is 22.1 Å². The molecule has 3 rings (SSSR count). The van der Waals surface area contributed by atoms with E-state index in [-0.39, 0.29) is 11.7 Å². The van der Waals surface area contributed by atoms with Gasteiger partial charge in [0, 0.05) is 11.5 Å². The van der Waals surface area contributed by atoms with Crippen LogP contribution in [-0.4, -0.2) is 30.6 Å². The van der Waals surface area contributed by atoms with Gasteiger partial charge in [-0.25, -0.2) is 0 Å². The number of thiocarbonyl (C=S) groups is 1. The molecular weight excluding hydrogens is 414 g/mol. The van der Waals surface area contributed by atoms with Crippen LogP contribution in [0, 0.1) is 0 Å². The standard InChI is InChI=1S/C23H21N3O4S/c1-29-18-12-9-16(10-13-18)11-14-21(27)24-23(31)26-25-22(28)15-30-20-8-4-6-17-5-2-3-7-19(17)20/h2-14H,15H2,1H3,(H,25,28)(H2,24,26,27,31). The molecule has 3 N–H and O–H groups in total. The lowest BCUT2D eigenvalue weighted by molar-refractivity contribution is -0.123. The molecule has 158 valence electrons. The van der Waals surface area contributed by atoms with Crippen molar-refractivity contribution in [1.29, 1.82) is 0 Å². The molecule has 0 saturated heterocycles. The summed E-state index contributed by atoms with van der Waals surface area (Å²) in [5, 5.41) is 4.33. The van der Waals surface area contributed by atoms with Gasteiger partial charge in [0.15, 0.2) is 11.7 Å². The summed E-state index contributed by atoms with van der Waals surface area (Å²) in [4.78, 5) is 24.0. The van der Waals surface area contributed by atoms with Crippen LogP contribution >= 0.6 is 12.2 Å². The number of hydrogen-bond acceptors (Lipinski definition) is 5. The molecule has 0 bridgehead atoms. The van der Waals surface area contributed by atoms with E-state index in [1.807, 2.05) is 48.5 Å². The third kappa shape index (κ3) is 6.55. The second-order valence-corrected chi connectivity index (χ2v) is 6.77. The number of carbonyl (C=O) groups excluding carboxylic acids is 2. The highest BCUT2D eigenvalue weighted by molar-refractivity contribution is 7.80. The van der Waals surface area contributed by atoms with Crippen molar-refractivity contribution in [2.75, 3.05) is 13.7 Å². The first-order valence-corrected chi connectivity index (χ1v) is 9.78. The Kier molecular flexibility index (Phi) is 7.56. The third-order valence-electron chi connectivity index (χ3n) is 4.20. The molecule has 0 aliphatic rings. The van der Waals surface area contributed by atoms with Crippen LogP contribution in [-0.2, 0) is 9.59 Å². The number of fused-ring (bicyclic) bond motifs is 1. The Labute approximate surface area is 185 Å². The van der Waals surface area contributed by atoms with Gasteiger partial charge in [0.25, 0.3) is 5.91 Å². The number of hydrazine groups is 1. The number of amides is 2. The molecule has 8 heteroatoms. The van der Waals surface area contributed by atoms with Crippen molar-refractivity contribution in [3.05, 3.63) is 78.4 Å². The van der Waals surface area contributed by atoms with Gasteiger partial charge in [0.2, 0.25) is 5.91 Å². The summed E-state index contributed by atoms with van der Waals surface area (Å²) in [6.07, 6.45) is 2.97. The van der Waals surface area contributed by atoms with Gasteiger partial charge in [0.05, 0.1) is 7.11 Å². The van der Waals surface area contributed by atoms with Crippen molar-refractivity contribution in [3.63, 3.8) is 0 Å². The van der Waals surface area contributed by atoms with Gasteiger partial charge in [-0.2, -0.15) is 0 Å². The van der Waals surface area contributed by atoms with Gasteiger partial charge >= 0.3 is 0 Å². The molecule has 0 heterocycles. The number of hydrogen-bond donors (Lipinski definition) is 3. The Bertz CT molecular complexity index is 1110. The molecule has 0 atom stereocenters. The highest BCUT2D eigenvalue weighted by atomic mass is 32.1. The van der Waals surface area contributed by atoms with E-state index in [4.69, 9.17) is 21.7 Å². The maximum atomic E-state index is 12.0. The fourth-order valence-electron chi connectivity index (χ4n) is 2.70. The Morgan fingerprint density at radius 1 is 0.968 bits per heavy atom. The number of rotatable bonds is 6. The van der Waals surface area contributed by atoms with Crippen molar-refractivity contribution in [1.82, 2.24) is 16.2 Å². The first-order valence-electron chi connectivity index (χ1n) is 9.37. The van der Waals surface area contributed by atoms with Crippen LogP contribution in [0.4, 0.5) is 0 Å². The number of ether oxygens (including phenoxy) is 2. The van der Waals surface area contributed by atoms with Gasteiger partial charge in [-0.15, -0.1) is 0 Å². The average molecular weight is 436 g/mol. The average Bonchev–Trinajstić information content (AvgIpc) is 2.80. The lowest BCUT2D eigenvalue weighted by atomic mass is 10.1. The monoisotopic (exact) mass is 435 g/mol. The highest BCUT2D eigenvalue weighted by Gasteiger charge is 2.07. The molecule has 0 aliphatic heterocycles. The van der Waals surface area contributed by atoms with Crippen LogP contribution in [0.3, 0.4) is 0 Å². The smallest absolute Gasteiger partial charge is 0.276 e. The van der Waals surface area contributed by atoms with E-state index < -0.39 is 11.8 Å². The quantitative estimate of drug-likeness (QED) is 0.313. The van der Waals surface area contributed by atoms with E-state index in [2.05, 4.69) is 16.2 Å². The van der Waals surface area contributed by atoms with Gasteiger partial charge in [0.1, 0.15) is 11.5 Å². The van der Waals surface area contributed by atoms with Crippen LogP contribution in [0.15, 0.2) is 72.8 Å². The minimum atomic E-state index is -0.446. The molecule has 3 aromatic rings. The second-order valence-electron chi connectivity index (χ2n) is 6.36. The summed E-state index contributed by atoms with van der Waals surface area (Å²) in [5.41, 5.74) is 5.68. The van der Waals surface area contributed by atoms with Gasteiger partial charge < -0.3 is 9.47 Å². The highest BCUT2D eigenvalue weighted by Crippen LogP contribution is 2.24. The normalized spacial score (nSPS) is 10.5. The molecule has 7 nitrogen and oxygen atoms in total. The van der Waals surface area contributed by atoms with Gasteiger partial charge in [-0.3, -0.25) is 25.8 Å².